The number of carbonyl (C=O) groups is 3. The number of rotatable bonds is 3. The summed E-state index contributed by atoms with van der Waals surface area (Å²) in [5.41, 5.74) is 0. The maximum absolute atomic E-state index is 12.3. The molecule has 2 heterocycles. The molecule has 2 aliphatic rings. The minimum Gasteiger partial charge on any atom is -0.291 e. The van der Waals surface area contributed by atoms with Gasteiger partial charge in [0.15, 0.2) is 5.78 Å². The Labute approximate surface area is 125 Å². The molecular formula is C14H14ClNO3S. The van der Waals surface area contributed by atoms with Crippen molar-refractivity contribution < 1.29 is 14.4 Å². The number of thiophene rings is 1. The van der Waals surface area contributed by atoms with Gasteiger partial charge in [0.1, 0.15) is 0 Å². The van der Waals surface area contributed by atoms with Gasteiger partial charge in [0.2, 0.25) is 11.8 Å². The molecule has 20 heavy (non-hydrogen) atoms. The van der Waals surface area contributed by atoms with Crippen LogP contribution < -0.4 is 0 Å². The Hall–Kier alpha value is -1.20. The molecule has 0 bridgehead atoms. The maximum atomic E-state index is 12.3. The number of likely N-dealkylation sites (tertiary alicyclic amines) is 1. The molecule has 2 atom stereocenters. The van der Waals surface area contributed by atoms with E-state index in [0.717, 1.165) is 30.6 Å². The van der Waals surface area contributed by atoms with Crippen LogP contribution in [0, 0.1) is 11.8 Å². The van der Waals surface area contributed by atoms with E-state index in [9.17, 15) is 14.4 Å². The van der Waals surface area contributed by atoms with Crippen LogP contribution in [0.5, 0.6) is 0 Å². The lowest BCUT2D eigenvalue weighted by atomic mass is 9.81. The summed E-state index contributed by atoms with van der Waals surface area (Å²) >= 11 is 6.97. The van der Waals surface area contributed by atoms with Crippen molar-refractivity contribution in [2.75, 3.05) is 6.54 Å². The smallest absolute Gasteiger partial charge is 0.233 e. The second kappa shape index (κ2) is 5.30. The van der Waals surface area contributed by atoms with E-state index in [-0.39, 0.29) is 36.0 Å². The van der Waals surface area contributed by atoms with Gasteiger partial charge in [-0.15, -0.1) is 11.3 Å². The number of fused-ring (bicyclic) bond motifs is 1. The van der Waals surface area contributed by atoms with E-state index in [0.29, 0.717) is 9.21 Å². The third kappa shape index (κ3) is 2.29. The van der Waals surface area contributed by atoms with E-state index in [4.69, 9.17) is 11.6 Å². The summed E-state index contributed by atoms with van der Waals surface area (Å²) in [5.74, 6) is -0.958. The van der Waals surface area contributed by atoms with E-state index in [2.05, 4.69) is 0 Å². The third-order valence-corrected chi connectivity index (χ3v) is 5.35. The SMILES string of the molecule is O=C(CN1C(=O)[C@H]2CCCC[C@H]2C1=O)c1ccc(Cl)s1. The molecule has 1 aromatic heterocycles. The molecule has 1 saturated carbocycles. The average Bonchev–Trinajstić information content (AvgIpc) is 2.98. The van der Waals surface area contributed by atoms with Crippen LogP contribution in [0.25, 0.3) is 0 Å². The normalized spacial score (nSPS) is 25.9. The fraction of sp³-hybridized carbons (Fsp3) is 0.500. The summed E-state index contributed by atoms with van der Waals surface area (Å²) in [4.78, 5) is 38.3. The van der Waals surface area contributed by atoms with E-state index < -0.39 is 0 Å². The minimum absolute atomic E-state index is 0.151. The summed E-state index contributed by atoms with van der Waals surface area (Å²) in [5, 5.41) is 0. The summed E-state index contributed by atoms with van der Waals surface area (Å²) < 4.78 is 0.529. The molecule has 1 aromatic rings. The molecule has 1 aliphatic carbocycles. The van der Waals surface area contributed by atoms with Gasteiger partial charge in [0.25, 0.3) is 0 Å². The monoisotopic (exact) mass is 311 g/mol. The Bertz CT molecular complexity index is 559. The zero-order valence-corrected chi connectivity index (χ0v) is 12.4. The molecule has 1 aliphatic heterocycles. The molecule has 1 saturated heterocycles. The van der Waals surface area contributed by atoms with Crippen LogP contribution >= 0.6 is 22.9 Å². The number of ketones is 1. The third-order valence-electron chi connectivity index (χ3n) is 4.08. The summed E-state index contributed by atoms with van der Waals surface area (Å²) in [7, 11) is 0. The Morgan fingerprint density at radius 3 is 2.30 bits per heavy atom. The first-order chi connectivity index (χ1) is 9.58. The van der Waals surface area contributed by atoms with Crippen LogP contribution in [0.4, 0.5) is 0 Å². The maximum Gasteiger partial charge on any atom is 0.233 e. The quantitative estimate of drug-likeness (QED) is 0.637. The highest BCUT2D eigenvalue weighted by Crippen LogP contribution is 2.38. The molecule has 0 aromatic carbocycles. The lowest BCUT2D eigenvalue weighted by Gasteiger charge is -2.19. The van der Waals surface area contributed by atoms with Crippen molar-refractivity contribution in [1.29, 1.82) is 0 Å². The van der Waals surface area contributed by atoms with Crippen LogP contribution in [0.2, 0.25) is 4.34 Å². The molecule has 4 nitrogen and oxygen atoms in total. The summed E-state index contributed by atoms with van der Waals surface area (Å²) in [6.45, 7) is -0.151. The molecule has 106 valence electrons. The van der Waals surface area contributed by atoms with Crippen molar-refractivity contribution in [2.45, 2.75) is 25.7 Å². The lowest BCUT2D eigenvalue weighted by Crippen LogP contribution is -2.35. The van der Waals surface area contributed by atoms with Crippen LogP contribution in [-0.2, 0) is 9.59 Å². The van der Waals surface area contributed by atoms with E-state index in [1.807, 2.05) is 0 Å². The number of Topliss-reactive ketones (excluding diaryl/α,β-unsaturated/α-hetero) is 1. The number of nitrogens with zero attached hydrogens (tertiary/aromatic N) is 1. The topological polar surface area (TPSA) is 54.5 Å². The lowest BCUT2D eigenvalue weighted by molar-refractivity contribution is -0.139. The average molecular weight is 312 g/mol. The highest BCUT2D eigenvalue weighted by Gasteiger charge is 2.48. The minimum atomic E-state index is -0.220. The first kappa shape index (κ1) is 13.8. The fourth-order valence-electron chi connectivity index (χ4n) is 3.07. The predicted octanol–water partition coefficient (Wildman–Crippen LogP) is 2.76. The molecule has 2 fully saturated rings. The van der Waals surface area contributed by atoms with Crippen LogP contribution in [0.15, 0.2) is 12.1 Å². The molecular weight excluding hydrogens is 298 g/mol. The highest BCUT2D eigenvalue weighted by molar-refractivity contribution is 7.18. The van der Waals surface area contributed by atoms with Crippen LogP contribution in [-0.4, -0.2) is 29.0 Å². The molecule has 0 radical (unpaired) electrons. The summed E-state index contributed by atoms with van der Waals surface area (Å²) in [6.07, 6.45) is 3.51. The van der Waals surface area contributed by atoms with Gasteiger partial charge in [0.05, 0.1) is 27.6 Å². The van der Waals surface area contributed by atoms with Crippen molar-refractivity contribution in [2.24, 2.45) is 11.8 Å². The van der Waals surface area contributed by atoms with Gasteiger partial charge < -0.3 is 0 Å². The number of amides is 2. The fourth-order valence-corrected chi connectivity index (χ4v) is 4.05. The first-order valence-electron chi connectivity index (χ1n) is 6.71. The summed E-state index contributed by atoms with van der Waals surface area (Å²) in [6, 6.07) is 3.28. The Balaban J connectivity index is 1.75. The molecule has 3 rings (SSSR count). The Morgan fingerprint density at radius 1 is 1.20 bits per heavy atom. The van der Waals surface area contributed by atoms with Crippen molar-refractivity contribution in [3.63, 3.8) is 0 Å². The number of hydrogen-bond acceptors (Lipinski definition) is 4. The van der Waals surface area contributed by atoms with Gasteiger partial charge >= 0.3 is 0 Å². The van der Waals surface area contributed by atoms with E-state index >= 15 is 0 Å². The second-order valence-electron chi connectivity index (χ2n) is 5.29. The van der Waals surface area contributed by atoms with Gasteiger partial charge in [-0.25, -0.2) is 0 Å². The standard InChI is InChI=1S/C14H14ClNO3S/c15-12-6-5-11(20-12)10(17)7-16-13(18)8-3-1-2-4-9(8)14(16)19/h5-6,8-9H,1-4,7H2/t8-,9+. The van der Waals surface area contributed by atoms with Crippen molar-refractivity contribution in [1.82, 2.24) is 4.90 Å². The first-order valence-corrected chi connectivity index (χ1v) is 7.91. The molecule has 0 unspecified atom stereocenters. The largest absolute Gasteiger partial charge is 0.291 e. The van der Waals surface area contributed by atoms with Gasteiger partial charge in [-0.05, 0) is 25.0 Å². The van der Waals surface area contributed by atoms with E-state index in [1.54, 1.807) is 12.1 Å². The van der Waals surface area contributed by atoms with Gasteiger partial charge in [0, 0.05) is 0 Å². The van der Waals surface area contributed by atoms with Crippen molar-refractivity contribution in [3.05, 3.63) is 21.3 Å². The van der Waals surface area contributed by atoms with Crippen molar-refractivity contribution in [3.8, 4) is 0 Å². The highest BCUT2D eigenvalue weighted by atomic mass is 35.5. The number of carbonyl (C=O) groups excluding carboxylic acids is 3. The Morgan fingerprint density at radius 2 is 1.80 bits per heavy atom. The van der Waals surface area contributed by atoms with Gasteiger partial charge in [-0.2, -0.15) is 0 Å². The molecule has 0 N–H and O–H groups in total. The van der Waals surface area contributed by atoms with Crippen molar-refractivity contribution >= 4 is 40.5 Å². The second-order valence-corrected chi connectivity index (χ2v) is 7.00. The molecule has 2 amide bonds. The zero-order valence-electron chi connectivity index (χ0n) is 10.8. The number of hydrogen-bond donors (Lipinski definition) is 0. The Kier molecular flexibility index (Phi) is 3.65. The number of halogens is 1. The number of imide groups is 1. The van der Waals surface area contributed by atoms with Crippen LogP contribution in [0.3, 0.4) is 0 Å². The van der Waals surface area contributed by atoms with Gasteiger partial charge in [-0.3, -0.25) is 19.3 Å². The van der Waals surface area contributed by atoms with Gasteiger partial charge in [-0.1, -0.05) is 24.4 Å². The molecule has 0 spiro atoms. The zero-order chi connectivity index (χ0) is 14.3. The van der Waals surface area contributed by atoms with E-state index in [1.165, 1.54) is 11.3 Å². The molecule has 6 heteroatoms. The predicted molar refractivity (Wildman–Crippen MR) is 75.8 cm³/mol. The van der Waals surface area contributed by atoms with Crippen LogP contribution in [0.1, 0.15) is 35.4 Å².